The van der Waals surface area contributed by atoms with Gasteiger partial charge in [-0.3, -0.25) is 4.79 Å². The maximum Gasteiger partial charge on any atom is 0.220 e. The SMILES string of the molecule is CC(C)NC(=O)CCCN.Cl. The van der Waals surface area contributed by atoms with Gasteiger partial charge >= 0.3 is 0 Å². The van der Waals surface area contributed by atoms with Crippen molar-refractivity contribution in [3.63, 3.8) is 0 Å². The number of hydrogen-bond acceptors (Lipinski definition) is 2. The van der Waals surface area contributed by atoms with E-state index in [1.165, 1.54) is 0 Å². The van der Waals surface area contributed by atoms with Gasteiger partial charge < -0.3 is 11.1 Å². The van der Waals surface area contributed by atoms with Gasteiger partial charge in [-0.05, 0) is 26.8 Å². The maximum absolute atomic E-state index is 10.8. The largest absolute Gasteiger partial charge is 0.354 e. The van der Waals surface area contributed by atoms with Crippen molar-refractivity contribution in [2.75, 3.05) is 6.54 Å². The lowest BCUT2D eigenvalue weighted by atomic mass is 10.3. The van der Waals surface area contributed by atoms with Gasteiger partial charge in [-0.15, -0.1) is 12.4 Å². The second kappa shape index (κ2) is 7.82. The van der Waals surface area contributed by atoms with E-state index in [1.54, 1.807) is 0 Å². The van der Waals surface area contributed by atoms with Crippen LogP contribution in [-0.4, -0.2) is 18.5 Å². The number of carbonyl (C=O) groups is 1. The first-order valence-corrected chi connectivity index (χ1v) is 3.66. The molecule has 0 aliphatic heterocycles. The molecule has 1 amide bonds. The third kappa shape index (κ3) is 9.72. The Morgan fingerprint density at radius 3 is 2.45 bits per heavy atom. The Labute approximate surface area is 74.1 Å². The Kier molecular flexibility index (Phi) is 9.47. The van der Waals surface area contributed by atoms with E-state index < -0.39 is 0 Å². The first kappa shape index (κ1) is 13.3. The summed E-state index contributed by atoms with van der Waals surface area (Å²) in [5.74, 6) is 0.0976. The van der Waals surface area contributed by atoms with Crippen LogP contribution < -0.4 is 11.1 Å². The molecule has 0 radical (unpaired) electrons. The van der Waals surface area contributed by atoms with Crippen molar-refractivity contribution in [3.05, 3.63) is 0 Å². The number of amides is 1. The van der Waals surface area contributed by atoms with Gasteiger partial charge in [0.05, 0.1) is 0 Å². The van der Waals surface area contributed by atoms with E-state index in [1.807, 2.05) is 13.8 Å². The number of carbonyl (C=O) groups excluding carboxylic acids is 1. The van der Waals surface area contributed by atoms with Crippen LogP contribution in [0.3, 0.4) is 0 Å². The Morgan fingerprint density at radius 2 is 2.09 bits per heavy atom. The highest BCUT2D eigenvalue weighted by Gasteiger charge is 2.00. The molecule has 3 nitrogen and oxygen atoms in total. The van der Waals surface area contributed by atoms with Gasteiger partial charge in [-0.2, -0.15) is 0 Å². The van der Waals surface area contributed by atoms with Crippen molar-refractivity contribution in [2.45, 2.75) is 32.7 Å². The highest BCUT2D eigenvalue weighted by Crippen LogP contribution is 1.86. The van der Waals surface area contributed by atoms with E-state index in [0.29, 0.717) is 13.0 Å². The highest BCUT2D eigenvalue weighted by atomic mass is 35.5. The number of hydrogen-bond donors (Lipinski definition) is 2. The zero-order chi connectivity index (χ0) is 7.98. The van der Waals surface area contributed by atoms with E-state index in [9.17, 15) is 4.79 Å². The average Bonchev–Trinajstić information content (AvgIpc) is 1.82. The Bertz CT molecular complexity index is 107. The molecule has 0 aromatic rings. The minimum absolute atomic E-state index is 0. The number of halogens is 1. The standard InChI is InChI=1S/C7H16N2O.ClH/c1-6(2)9-7(10)4-3-5-8;/h6H,3-5,8H2,1-2H3,(H,9,10);1H. The third-order valence-corrected chi connectivity index (χ3v) is 1.06. The second-order valence-corrected chi connectivity index (χ2v) is 2.61. The minimum atomic E-state index is 0. The fraction of sp³-hybridized carbons (Fsp3) is 0.857. The zero-order valence-corrected chi connectivity index (χ0v) is 7.91. The normalized spacial score (nSPS) is 9.09. The van der Waals surface area contributed by atoms with Gasteiger partial charge in [0, 0.05) is 12.5 Å². The van der Waals surface area contributed by atoms with Crippen molar-refractivity contribution < 1.29 is 4.79 Å². The number of rotatable bonds is 4. The highest BCUT2D eigenvalue weighted by molar-refractivity contribution is 5.85. The molecule has 0 saturated heterocycles. The molecule has 11 heavy (non-hydrogen) atoms. The van der Waals surface area contributed by atoms with Crippen LogP contribution in [0.4, 0.5) is 0 Å². The van der Waals surface area contributed by atoms with Crippen LogP contribution in [0, 0.1) is 0 Å². The predicted molar refractivity (Wildman–Crippen MR) is 48.8 cm³/mol. The van der Waals surface area contributed by atoms with Crippen molar-refractivity contribution >= 4 is 18.3 Å². The molecule has 3 N–H and O–H groups in total. The smallest absolute Gasteiger partial charge is 0.220 e. The van der Waals surface area contributed by atoms with Crippen molar-refractivity contribution in [1.29, 1.82) is 0 Å². The molecule has 0 aliphatic carbocycles. The Balaban J connectivity index is 0. The molecule has 0 fully saturated rings. The van der Waals surface area contributed by atoms with E-state index >= 15 is 0 Å². The molecule has 0 aromatic heterocycles. The molecule has 0 atom stereocenters. The summed E-state index contributed by atoms with van der Waals surface area (Å²) in [7, 11) is 0. The molecule has 0 aromatic carbocycles. The quantitative estimate of drug-likeness (QED) is 0.669. The number of nitrogens with one attached hydrogen (secondary N) is 1. The van der Waals surface area contributed by atoms with Gasteiger partial charge in [-0.1, -0.05) is 0 Å². The van der Waals surface area contributed by atoms with Gasteiger partial charge in [0.1, 0.15) is 0 Å². The van der Waals surface area contributed by atoms with Crippen LogP contribution in [0.25, 0.3) is 0 Å². The van der Waals surface area contributed by atoms with Gasteiger partial charge in [0.2, 0.25) is 5.91 Å². The molecular weight excluding hydrogens is 164 g/mol. The van der Waals surface area contributed by atoms with Crippen LogP contribution in [0.15, 0.2) is 0 Å². The molecular formula is C7H17ClN2O. The summed E-state index contributed by atoms with van der Waals surface area (Å²) < 4.78 is 0. The van der Waals surface area contributed by atoms with Crippen molar-refractivity contribution in [1.82, 2.24) is 5.32 Å². The van der Waals surface area contributed by atoms with Crippen LogP contribution >= 0.6 is 12.4 Å². The first-order chi connectivity index (χ1) is 4.66. The van der Waals surface area contributed by atoms with Crippen LogP contribution in [0.2, 0.25) is 0 Å². The Hall–Kier alpha value is -0.280. The van der Waals surface area contributed by atoms with E-state index in [2.05, 4.69) is 5.32 Å². The predicted octanol–water partition coefficient (Wildman–Crippen LogP) is 0.672. The lowest BCUT2D eigenvalue weighted by Crippen LogP contribution is -2.30. The van der Waals surface area contributed by atoms with Crippen LogP contribution in [0.5, 0.6) is 0 Å². The van der Waals surface area contributed by atoms with Crippen molar-refractivity contribution in [3.8, 4) is 0 Å². The molecule has 0 heterocycles. The van der Waals surface area contributed by atoms with Crippen LogP contribution in [0.1, 0.15) is 26.7 Å². The molecule has 4 heteroatoms. The number of nitrogens with two attached hydrogens (primary N) is 1. The monoisotopic (exact) mass is 180 g/mol. The molecule has 0 aliphatic rings. The third-order valence-electron chi connectivity index (χ3n) is 1.06. The lowest BCUT2D eigenvalue weighted by molar-refractivity contribution is -0.121. The molecule has 68 valence electrons. The summed E-state index contributed by atoms with van der Waals surface area (Å²) in [6.45, 7) is 4.48. The first-order valence-electron chi connectivity index (χ1n) is 3.66. The van der Waals surface area contributed by atoms with Gasteiger partial charge in [0.25, 0.3) is 0 Å². The van der Waals surface area contributed by atoms with E-state index in [-0.39, 0.29) is 24.4 Å². The lowest BCUT2D eigenvalue weighted by Gasteiger charge is -2.06. The molecule has 0 spiro atoms. The molecule has 0 bridgehead atoms. The zero-order valence-electron chi connectivity index (χ0n) is 7.09. The summed E-state index contributed by atoms with van der Waals surface area (Å²) in [6.07, 6.45) is 1.33. The van der Waals surface area contributed by atoms with Crippen molar-refractivity contribution in [2.24, 2.45) is 5.73 Å². The fourth-order valence-corrected chi connectivity index (χ4v) is 0.657. The topological polar surface area (TPSA) is 55.1 Å². The summed E-state index contributed by atoms with van der Waals surface area (Å²) >= 11 is 0. The fourth-order valence-electron chi connectivity index (χ4n) is 0.657. The summed E-state index contributed by atoms with van der Waals surface area (Å²) in [5.41, 5.74) is 5.23. The minimum Gasteiger partial charge on any atom is -0.354 e. The Morgan fingerprint density at radius 1 is 1.55 bits per heavy atom. The molecule has 0 rings (SSSR count). The summed E-state index contributed by atoms with van der Waals surface area (Å²) in [5, 5.41) is 2.78. The van der Waals surface area contributed by atoms with E-state index in [4.69, 9.17) is 5.73 Å². The van der Waals surface area contributed by atoms with E-state index in [0.717, 1.165) is 6.42 Å². The van der Waals surface area contributed by atoms with Crippen LogP contribution in [-0.2, 0) is 4.79 Å². The van der Waals surface area contributed by atoms with Gasteiger partial charge in [-0.25, -0.2) is 0 Å². The molecule has 0 unspecified atom stereocenters. The second-order valence-electron chi connectivity index (χ2n) is 2.61. The average molecular weight is 181 g/mol. The summed E-state index contributed by atoms with van der Waals surface area (Å²) in [4.78, 5) is 10.8. The maximum atomic E-state index is 10.8. The van der Waals surface area contributed by atoms with Gasteiger partial charge in [0.15, 0.2) is 0 Å². The summed E-state index contributed by atoms with van der Waals surface area (Å²) in [6, 6.07) is 0.241. The molecule has 0 saturated carbocycles.